The van der Waals surface area contributed by atoms with Crippen LogP contribution in [0, 0.1) is 52.8 Å². The highest BCUT2D eigenvalue weighted by Crippen LogP contribution is 2.75. The number of hydrogen-bond donors (Lipinski definition) is 2. The maximum Gasteiger partial charge on any atom is 0.253 e. The van der Waals surface area contributed by atoms with Gasteiger partial charge in [-0.2, -0.15) is 0 Å². The first-order valence-corrected chi connectivity index (χ1v) is 16.0. The number of amides is 1. The Kier molecular flexibility index (Phi) is 6.50. The second-order valence-corrected chi connectivity index (χ2v) is 15.5. The van der Waals surface area contributed by atoms with Gasteiger partial charge in [-0.3, -0.25) is 14.6 Å². The molecular weight excluding hydrogens is 496 g/mol. The van der Waals surface area contributed by atoms with Crippen molar-refractivity contribution in [1.29, 1.82) is 0 Å². The van der Waals surface area contributed by atoms with Gasteiger partial charge in [0.1, 0.15) is 0 Å². The van der Waals surface area contributed by atoms with Crippen LogP contribution in [0.2, 0.25) is 0 Å². The number of carbonyl (C=O) groups excluding carboxylic acids is 2. The lowest BCUT2D eigenvalue weighted by Crippen LogP contribution is -2.60. The molecule has 5 aliphatic rings. The summed E-state index contributed by atoms with van der Waals surface area (Å²) in [7, 11) is 0. The number of aryl methyl sites for hydroxylation is 1. The average molecular weight is 547 g/mol. The minimum absolute atomic E-state index is 0.0777. The van der Waals surface area contributed by atoms with Crippen molar-refractivity contribution < 1.29 is 14.7 Å². The Morgan fingerprint density at radius 3 is 2.50 bits per heavy atom. The van der Waals surface area contributed by atoms with Gasteiger partial charge in [0.2, 0.25) is 0 Å². The van der Waals surface area contributed by atoms with Gasteiger partial charge in [0.25, 0.3) is 5.91 Å². The minimum Gasteiger partial charge on any atom is -0.393 e. The summed E-state index contributed by atoms with van der Waals surface area (Å²) in [6.07, 6.45) is 12.0. The van der Waals surface area contributed by atoms with Crippen LogP contribution in [-0.2, 0) is 4.79 Å². The molecule has 0 aliphatic heterocycles. The second-order valence-electron chi connectivity index (χ2n) is 15.5. The van der Waals surface area contributed by atoms with Gasteiger partial charge in [-0.15, -0.1) is 0 Å². The maximum absolute atomic E-state index is 13.9. The van der Waals surface area contributed by atoms with Crippen LogP contribution in [0.3, 0.4) is 0 Å². The molecule has 2 N–H and O–H groups in total. The van der Waals surface area contributed by atoms with Gasteiger partial charge in [0.15, 0.2) is 5.78 Å². The number of carbonyl (C=O) groups is 2. The van der Waals surface area contributed by atoms with Crippen LogP contribution in [0.1, 0.15) is 115 Å². The average Bonchev–Trinajstić information content (AvgIpc) is 3.39. The number of Topliss-reactive ketones (excluding diaryl/α,β-unsaturated/α-hetero) is 1. The topological polar surface area (TPSA) is 79.3 Å². The van der Waals surface area contributed by atoms with E-state index < -0.39 is 5.54 Å². The van der Waals surface area contributed by atoms with Crippen molar-refractivity contribution in [3.63, 3.8) is 0 Å². The SMILES string of the molecule is Cc1ccncc1C(=O)NC12CC[C@@H](C)C34CCC5C(C)(C)C(O)CCC5(C)C3CCC4C1=C(C(C)C)C(=O)C2. The van der Waals surface area contributed by atoms with E-state index in [1.807, 2.05) is 13.0 Å². The smallest absolute Gasteiger partial charge is 0.253 e. The largest absolute Gasteiger partial charge is 0.393 e. The predicted molar refractivity (Wildman–Crippen MR) is 158 cm³/mol. The lowest BCUT2D eigenvalue weighted by atomic mass is 9.40. The molecule has 6 rings (SSSR count). The number of aliphatic hydroxyl groups excluding tert-OH is 1. The van der Waals surface area contributed by atoms with Crippen molar-refractivity contribution in [2.75, 3.05) is 0 Å². The monoisotopic (exact) mass is 546 g/mol. The van der Waals surface area contributed by atoms with Crippen LogP contribution in [0.15, 0.2) is 29.6 Å². The fraction of sp³-hybridized carbons (Fsp3) is 0.743. The molecule has 218 valence electrons. The number of nitrogens with one attached hydrogen (secondary N) is 1. The Morgan fingerprint density at radius 2 is 1.80 bits per heavy atom. The van der Waals surface area contributed by atoms with Crippen LogP contribution < -0.4 is 5.32 Å². The summed E-state index contributed by atoms with van der Waals surface area (Å²) in [6.45, 7) is 15.9. The van der Waals surface area contributed by atoms with Crippen LogP contribution >= 0.6 is 0 Å². The van der Waals surface area contributed by atoms with Gasteiger partial charge < -0.3 is 10.4 Å². The summed E-state index contributed by atoms with van der Waals surface area (Å²) in [4.78, 5) is 32.0. The van der Waals surface area contributed by atoms with Crippen molar-refractivity contribution in [1.82, 2.24) is 10.3 Å². The molecule has 1 aromatic rings. The predicted octanol–water partition coefficient (Wildman–Crippen LogP) is 6.82. The molecule has 1 heterocycles. The number of rotatable bonds is 3. The molecular formula is C35H50N2O3. The molecule has 4 saturated carbocycles. The number of aliphatic hydroxyl groups is 1. The van der Waals surface area contributed by atoms with E-state index in [0.29, 0.717) is 35.7 Å². The third-order valence-electron chi connectivity index (χ3n) is 13.3. The zero-order valence-corrected chi connectivity index (χ0v) is 25.8. The summed E-state index contributed by atoms with van der Waals surface area (Å²) < 4.78 is 0. The van der Waals surface area contributed by atoms with E-state index in [1.54, 1.807) is 12.4 Å². The van der Waals surface area contributed by atoms with Crippen molar-refractivity contribution in [3.05, 3.63) is 40.7 Å². The first-order valence-electron chi connectivity index (χ1n) is 16.0. The molecule has 0 saturated heterocycles. The maximum atomic E-state index is 13.9. The molecule has 5 heteroatoms. The third kappa shape index (κ3) is 3.64. The van der Waals surface area contributed by atoms with E-state index >= 15 is 0 Å². The standard InChI is InChI=1S/C35H50N2O3/c1-20(2)29-25(38)18-34(37-31(40)23-19-36-17-13-21(23)3)15-10-22(4)35-16-11-26-32(5,6)28(39)12-14-33(26,7)27(35)9-8-24(35)30(29)34/h13,17,19-20,22,24,26-28,39H,8-12,14-16,18H2,1-7H3,(H,37,40)/t22-,24?,26?,27?,28?,33?,34?,35?/m1/s1. The fourth-order valence-electron chi connectivity index (χ4n) is 11.5. The molecule has 40 heavy (non-hydrogen) atoms. The Hall–Kier alpha value is -2.01. The Balaban J connectivity index is 1.47. The van der Waals surface area contributed by atoms with Gasteiger partial charge in [0, 0.05) is 18.8 Å². The molecule has 7 unspecified atom stereocenters. The summed E-state index contributed by atoms with van der Waals surface area (Å²) in [5.41, 5.74) is 3.47. The molecule has 1 amide bonds. The van der Waals surface area contributed by atoms with Crippen molar-refractivity contribution in [2.24, 2.45) is 45.8 Å². The van der Waals surface area contributed by atoms with E-state index in [1.165, 1.54) is 12.0 Å². The summed E-state index contributed by atoms with van der Waals surface area (Å²) >= 11 is 0. The fourth-order valence-corrected chi connectivity index (χ4v) is 11.5. The van der Waals surface area contributed by atoms with Crippen molar-refractivity contribution >= 4 is 11.7 Å². The number of hydrogen-bond acceptors (Lipinski definition) is 4. The van der Waals surface area contributed by atoms with Crippen LogP contribution in [0.25, 0.3) is 0 Å². The molecule has 5 aliphatic carbocycles. The Morgan fingerprint density at radius 1 is 1.05 bits per heavy atom. The zero-order valence-electron chi connectivity index (χ0n) is 25.8. The van der Waals surface area contributed by atoms with E-state index in [9.17, 15) is 14.7 Å². The van der Waals surface area contributed by atoms with E-state index in [4.69, 9.17) is 0 Å². The van der Waals surface area contributed by atoms with Crippen molar-refractivity contribution in [2.45, 2.75) is 118 Å². The highest BCUT2D eigenvalue weighted by Gasteiger charge is 2.69. The summed E-state index contributed by atoms with van der Waals surface area (Å²) in [5, 5.41) is 14.6. The highest BCUT2D eigenvalue weighted by molar-refractivity contribution is 6.03. The number of ketones is 1. The zero-order chi connectivity index (χ0) is 28.8. The number of pyridine rings is 1. The summed E-state index contributed by atoms with van der Waals surface area (Å²) in [5.74, 6) is 2.21. The lowest BCUT2D eigenvalue weighted by Gasteiger charge is -2.65. The Bertz CT molecular complexity index is 1260. The van der Waals surface area contributed by atoms with Crippen LogP contribution in [0.5, 0.6) is 0 Å². The molecule has 1 aromatic heterocycles. The molecule has 5 nitrogen and oxygen atoms in total. The number of fused-ring (bicyclic) bond motifs is 4. The minimum atomic E-state index is -0.604. The highest BCUT2D eigenvalue weighted by atomic mass is 16.3. The van der Waals surface area contributed by atoms with E-state index in [2.05, 4.69) is 51.8 Å². The molecule has 0 aromatic carbocycles. The second kappa shape index (κ2) is 9.24. The molecule has 0 radical (unpaired) electrons. The van der Waals surface area contributed by atoms with E-state index in [-0.39, 0.29) is 40.0 Å². The summed E-state index contributed by atoms with van der Waals surface area (Å²) in [6, 6.07) is 1.89. The van der Waals surface area contributed by atoms with Gasteiger partial charge >= 0.3 is 0 Å². The molecule has 0 bridgehead atoms. The third-order valence-corrected chi connectivity index (χ3v) is 13.3. The van der Waals surface area contributed by atoms with Gasteiger partial charge in [-0.25, -0.2) is 0 Å². The molecule has 4 fully saturated rings. The van der Waals surface area contributed by atoms with E-state index in [0.717, 1.165) is 56.1 Å². The van der Waals surface area contributed by atoms with Gasteiger partial charge in [0.05, 0.1) is 17.2 Å². The van der Waals surface area contributed by atoms with Crippen LogP contribution in [0.4, 0.5) is 0 Å². The molecule has 1 spiro atoms. The van der Waals surface area contributed by atoms with Crippen molar-refractivity contribution in [3.8, 4) is 0 Å². The number of allylic oxidation sites excluding steroid dienone is 1. The van der Waals surface area contributed by atoms with Gasteiger partial charge in [-0.1, -0.05) is 41.5 Å². The lowest BCUT2D eigenvalue weighted by molar-refractivity contribution is -0.180. The molecule has 8 atom stereocenters. The first kappa shape index (κ1) is 28.1. The number of aromatic nitrogens is 1. The quantitative estimate of drug-likeness (QED) is 0.436. The van der Waals surface area contributed by atoms with Crippen LogP contribution in [-0.4, -0.2) is 33.4 Å². The number of nitrogens with zero attached hydrogens (tertiary/aromatic N) is 1. The Labute approximate surface area is 241 Å². The van der Waals surface area contributed by atoms with Gasteiger partial charge in [-0.05, 0) is 127 Å². The first-order chi connectivity index (χ1) is 18.8. The normalized spacial score (nSPS) is 42.1.